The van der Waals surface area contributed by atoms with E-state index in [1.54, 1.807) is 0 Å². The van der Waals surface area contributed by atoms with Gasteiger partial charge in [0, 0.05) is 24.7 Å². The van der Waals surface area contributed by atoms with Crippen LogP contribution in [-0.4, -0.2) is 38.1 Å². The molecule has 2 saturated carbocycles. The minimum Gasteiger partial charge on any atom is -0.368 e. The van der Waals surface area contributed by atoms with E-state index in [-0.39, 0.29) is 0 Å². The summed E-state index contributed by atoms with van der Waals surface area (Å²) < 4.78 is 2.11. The number of nitrogens with one attached hydrogen (secondary N) is 2. The van der Waals surface area contributed by atoms with E-state index >= 15 is 0 Å². The molecule has 7 heteroatoms. The Labute approximate surface area is 148 Å². The number of fused-ring (bicyclic) bond motifs is 1. The second-order valence-electron chi connectivity index (χ2n) is 7.89. The summed E-state index contributed by atoms with van der Waals surface area (Å²) in [6.07, 6.45) is 8.79. The Kier molecular flexibility index (Phi) is 4.50. The quantitative estimate of drug-likeness (QED) is 0.747. The van der Waals surface area contributed by atoms with Gasteiger partial charge in [-0.25, -0.2) is 4.98 Å². The third kappa shape index (κ3) is 3.71. The fourth-order valence-corrected chi connectivity index (χ4v) is 3.49. The first-order valence-electron chi connectivity index (χ1n) is 9.60. The molecular formula is C18H29N7. The molecule has 0 radical (unpaired) electrons. The van der Waals surface area contributed by atoms with Crippen LogP contribution in [0.3, 0.4) is 0 Å². The molecule has 2 fully saturated rings. The molecule has 25 heavy (non-hydrogen) atoms. The van der Waals surface area contributed by atoms with Crippen LogP contribution in [0.1, 0.15) is 58.4 Å². The van der Waals surface area contributed by atoms with Crippen molar-refractivity contribution in [1.29, 1.82) is 0 Å². The highest BCUT2D eigenvalue weighted by Crippen LogP contribution is 2.30. The molecule has 4 N–H and O–H groups in total. The molecule has 0 aliphatic heterocycles. The van der Waals surface area contributed by atoms with Crippen LogP contribution in [0.2, 0.25) is 0 Å². The lowest BCUT2D eigenvalue weighted by molar-refractivity contribution is 0.410. The monoisotopic (exact) mass is 343 g/mol. The van der Waals surface area contributed by atoms with Crippen molar-refractivity contribution in [3.63, 3.8) is 0 Å². The van der Waals surface area contributed by atoms with Gasteiger partial charge in [-0.1, -0.05) is 0 Å². The van der Waals surface area contributed by atoms with Gasteiger partial charge in [0.2, 0.25) is 5.95 Å². The average molecular weight is 343 g/mol. The van der Waals surface area contributed by atoms with Crippen LogP contribution in [0, 0.1) is 5.92 Å². The summed E-state index contributed by atoms with van der Waals surface area (Å²) in [7, 11) is 0. The lowest BCUT2D eigenvalue weighted by atomic mass is 9.92. The second kappa shape index (κ2) is 6.78. The van der Waals surface area contributed by atoms with E-state index in [4.69, 9.17) is 15.7 Å². The molecule has 2 aliphatic carbocycles. The van der Waals surface area contributed by atoms with Crippen molar-refractivity contribution in [2.24, 2.45) is 11.7 Å². The lowest BCUT2D eigenvalue weighted by Crippen LogP contribution is -2.33. The smallest absolute Gasteiger partial charge is 0.227 e. The fraction of sp³-hybridized carbons (Fsp3) is 0.722. The van der Waals surface area contributed by atoms with E-state index in [2.05, 4.69) is 34.0 Å². The van der Waals surface area contributed by atoms with Gasteiger partial charge in [0.25, 0.3) is 0 Å². The van der Waals surface area contributed by atoms with E-state index in [0.29, 0.717) is 24.1 Å². The molecule has 2 aromatic heterocycles. The summed E-state index contributed by atoms with van der Waals surface area (Å²) in [5, 5.41) is 7.03. The third-order valence-corrected chi connectivity index (χ3v) is 5.34. The van der Waals surface area contributed by atoms with Crippen LogP contribution < -0.4 is 16.4 Å². The van der Waals surface area contributed by atoms with Crippen molar-refractivity contribution in [1.82, 2.24) is 19.5 Å². The highest BCUT2D eigenvalue weighted by Gasteiger charge is 2.23. The summed E-state index contributed by atoms with van der Waals surface area (Å²) >= 11 is 0. The Morgan fingerprint density at radius 1 is 1.16 bits per heavy atom. The van der Waals surface area contributed by atoms with Crippen molar-refractivity contribution in [2.45, 2.75) is 70.5 Å². The Morgan fingerprint density at radius 3 is 2.60 bits per heavy atom. The van der Waals surface area contributed by atoms with Crippen LogP contribution >= 0.6 is 0 Å². The summed E-state index contributed by atoms with van der Waals surface area (Å²) in [6, 6.07) is 1.07. The van der Waals surface area contributed by atoms with E-state index in [0.717, 1.165) is 55.1 Å². The molecule has 2 heterocycles. The van der Waals surface area contributed by atoms with E-state index < -0.39 is 0 Å². The molecule has 2 aliphatic rings. The largest absolute Gasteiger partial charge is 0.368 e. The van der Waals surface area contributed by atoms with Gasteiger partial charge in [-0.15, -0.1) is 0 Å². The van der Waals surface area contributed by atoms with Crippen molar-refractivity contribution in [2.75, 3.05) is 17.2 Å². The number of nitrogens with zero attached hydrogens (tertiary/aromatic N) is 4. The summed E-state index contributed by atoms with van der Waals surface area (Å²) in [5.74, 6) is 2.34. The van der Waals surface area contributed by atoms with Gasteiger partial charge >= 0.3 is 0 Å². The lowest BCUT2D eigenvalue weighted by Gasteiger charge is -2.27. The topological polar surface area (TPSA) is 93.7 Å². The van der Waals surface area contributed by atoms with Crippen LogP contribution in [0.4, 0.5) is 11.8 Å². The molecular weight excluding hydrogens is 314 g/mol. The number of nitrogens with two attached hydrogens (primary N) is 1. The van der Waals surface area contributed by atoms with Crippen LogP contribution in [-0.2, 0) is 0 Å². The molecule has 0 saturated heterocycles. The van der Waals surface area contributed by atoms with Crippen LogP contribution in [0.5, 0.6) is 0 Å². The predicted octanol–water partition coefficient (Wildman–Crippen LogP) is 2.91. The zero-order valence-electron chi connectivity index (χ0n) is 15.2. The van der Waals surface area contributed by atoms with Crippen molar-refractivity contribution >= 4 is 22.9 Å². The molecule has 2 aromatic rings. The highest BCUT2D eigenvalue weighted by atomic mass is 15.2. The SMILES string of the molecule is CC(C)n1cnc2c(NCC3CC3)nc(NC3CCC(N)CC3)nc21. The molecule has 0 spiro atoms. The van der Waals surface area contributed by atoms with Gasteiger partial charge < -0.3 is 20.9 Å². The summed E-state index contributed by atoms with van der Waals surface area (Å²) in [5.41, 5.74) is 7.79. The highest BCUT2D eigenvalue weighted by molar-refractivity contribution is 5.84. The van der Waals surface area contributed by atoms with Crippen molar-refractivity contribution < 1.29 is 0 Å². The van der Waals surface area contributed by atoms with Gasteiger partial charge in [-0.05, 0) is 58.3 Å². The molecule has 4 rings (SSSR count). The Balaban J connectivity index is 1.61. The molecule has 7 nitrogen and oxygen atoms in total. The van der Waals surface area contributed by atoms with E-state index in [1.165, 1.54) is 12.8 Å². The minimum absolute atomic E-state index is 0.316. The maximum atomic E-state index is 6.02. The van der Waals surface area contributed by atoms with E-state index in [1.807, 2.05) is 6.33 Å². The molecule has 0 amide bonds. The number of rotatable bonds is 6. The van der Waals surface area contributed by atoms with Gasteiger partial charge in [-0.3, -0.25) is 0 Å². The Hall–Kier alpha value is -1.89. The van der Waals surface area contributed by atoms with Gasteiger partial charge in [-0.2, -0.15) is 9.97 Å². The Bertz CT molecular complexity index is 726. The first-order chi connectivity index (χ1) is 12.1. The zero-order valence-corrected chi connectivity index (χ0v) is 15.2. The molecule has 0 atom stereocenters. The first-order valence-corrected chi connectivity index (χ1v) is 9.60. The number of hydrogen-bond acceptors (Lipinski definition) is 6. The maximum Gasteiger partial charge on any atom is 0.227 e. The molecule has 0 aromatic carbocycles. The van der Waals surface area contributed by atoms with Crippen LogP contribution in [0.15, 0.2) is 6.33 Å². The van der Waals surface area contributed by atoms with Crippen LogP contribution in [0.25, 0.3) is 11.2 Å². The second-order valence-corrected chi connectivity index (χ2v) is 7.89. The minimum atomic E-state index is 0.316. The number of anilines is 2. The number of imidazole rings is 1. The van der Waals surface area contributed by atoms with Gasteiger partial charge in [0.05, 0.1) is 6.33 Å². The van der Waals surface area contributed by atoms with E-state index in [9.17, 15) is 0 Å². The molecule has 136 valence electrons. The standard InChI is InChI=1S/C18H29N7/c1-11(2)25-10-21-15-16(20-9-12-3-4-12)23-18(24-17(15)25)22-14-7-5-13(19)6-8-14/h10-14H,3-9,19H2,1-2H3,(H2,20,22,23,24). The molecule has 0 unspecified atom stereocenters. The average Bonchev–Trinajstić information content (AvgIpc) is 3.32. The number of hydrogen-bond donors (Lipinski definition) is 3. The van der Waals surface area contributed by atoms with Gasteiger partial charge in [0.1, 0.15) is 0 Å². The summed E-state index contributed by atoms with van der Waals surface area (Å²) in [4.78, 5) is 14.1. The third-order valence-electron chi connectivity index (χ3n) is 5.34. The normalized spacial score (nSPS) is 24.0. The first kappa shape index (κ1) is 16.6. The predicted molar refractivity (Wildman–Crippen MR) is 101 cm³/mol. The van der Waals surface area contributed by atoms with Crippen molar-refractivity contribution in [3.8, 4) is 0 Å². The molecule has 0 bridgehead atoms. The fourth-order valence-electron chi connectivity index (χ4n) is 3.49. The summed E-state index contributed by atoms with van der Waals surface area (Å²) in [6.45, 7) is 5.27. The number of aromatic nitrogens is 4. The zero-order chi connectivity index (χ0) is 17.4. The Morgan fingerprint density at radius 2 is 1.92 bits per heavy atom. The van der Waals surface area contributed by atoms with Gasteiger partial charge in [0.15, 0.2) is 17.0 Å². The maximum absolute atomic E-state index is 6.02. The van der Waals surface area contributed by atoms with Crippen molar-refractivity contribution in [3.05, 3.63) is 6.33 Å².